The normalized spacial score (nSPS) is 11.7. The lowest BCUT2D eigenvalue weighted by Gasteiger charge is -2.15. The second-order valence-corrected chi connectivity index (χ2v) is 4.52. The van der Waals surface area contributed by atoms with Gasteiger partial charge in [-0.2, -0.15) is 0 Å². The molecule has 0 aliphatic heterocycles. The Morgan fingerprint density at radius 3 is 2.76 bits per heavy atom. The summed E-state index contributed by atoms with van der Waals surface area (Å²) >= 11 is 0. The maximum atomic E-state index is 11.8. The average molecular weight is 285 g/mol. The third kappa shape index (κ3) is 4.03. The van der Waals surface area contributed by atoms with Gasteiger partial charge in [0.05, 0.1) is 6.61 Å². The van der Waals surface area contributed by atoms with E-state index in [1.165, 1.54) is 0 Å². The summed E-state index contributed by atoms with van der Waals surface area (Å²) in [6.07, 6.45) is 1.62. The van der Waals surface area contributed by atoms with Gasteiger partial charge in [-0.15, -0.1) is 0 Å². The molecule has 2 rings (SSSR count). The molecule has 3 N–H and O–H groups in total. The monoisotopic (exact) mass is 285 g/mol. The first-order valence-corrected chi connectivity index (χ1v) is 6.89. The summed E-state index contributed by atoms with van der Waals surface area (Å²) < 4.78 is 5.01. The highest BCUT2D eigenvalue weighted by molar-refractivity contribution is 5.94. The zero-order chi connectivity index (χ0) is 15.1. The van der Waals surface area contributed by atoms with Crippen LogP contribution in [0.25, 0.3) is 0 Å². The van der Waals surface area contributed by atoms with Crippen LogP contribution in [0.1, 0.15) is 28.9 Å². The van der Waals surface area contributed by atoms with E-state index in [4.69, 9.17) is 10.5 Å². The van der Waals surface area contributed by atoms with Crippen LogP contribution < -0.4 is 11.1 Å². The van der Waals surface area contributed by atoms with Crippen LogP contribution >= 0.6 is 0 Å². The standard InChI is InChI=1S/C16H19N3O2/c1-2-21-16(20)13-9-6-10-18-15(13)19-11-14(17)12-7-4-3-5-8-12/h3-10,14H,2,11,17H2,1H3,(H,18,19). The number of rotatable bonds is 6. The highest BCUT2D eigenvalue weighted by atomic mass is 16.5. The second-order valence-electron chi connectivity index (χ2n) is 4.52. The molecule has 1 heterocycles. The first-order chi connectivity index (χ1) is 10.2. The Bertz CT molecular complexity index is 587. The lowest BCUT2D eigenvalue weighted by molar-refractivity contribution is 0.0527. The van der Waals surface area contributed by atoms with Crippen LogP contribution in [0.2, 0.25) is 0 Å². The van der Waals surface area contributed by atoms with E-state index in [0.717, 1.165) is 5.56 Å². The number of aromatic nitrogens is 1. The van der Waals surface area contributed by atoms with Gasteiger partial charge >= 0.3 is 5.97 Å². The number of carbonyl (C=O) groups is 1. The second kappa shape index (κ2) is 7.40. The molecular weight excluding hydrogens is 266 g/mol. The van der Waals surface area contributed by atoms with Crippen LogP contribution in [0, 0.1) is 0 Å². The molecule has 0 spiro atoms. The summed E-state index contributed by atoms with van der Waals surface area (Å²) in [5.41, 5.74) is 7.56. The van der Waals surface area contributed by atoms with Crippen molar-refractivity contribution in [3.63, 3.8) is 0 Å². The van der Waals surface area contributed by atoms with Crippen LogP contribution in [-0.4, -0.2) is 24.1 Å². The zero-order valence-electron chi connectivity index (χ0n) is 12.0. The highest BCUT2D eigenvalue weighted by Crippen LogP contribution is 2.15. The van der Waals surface area contributed by atoms with Gasteiger partial charge in [0.1, 0.15) is 11.4 Å². The lowest BCUT2D eigenvalue weighted by atomic mass is 10.1. The van der Waals surface area contributed by atoms with E-state index >= 15 is 0 Å². The van der Waals surface area contributed by atoms with E-state index in [9.17, 15) is 4.79 Å². The van der Waals surface area contributed by atoms with E-state index < -0.39 is 0 Å². The number of nitrogens with zero attached hydrogens (tertiary/aromatic N) is 1. The number of nitrogens with two attached hydrogens (primary N) is 1. The summed E-state index contributed by atoms with van der Waals surface area (Å²) in [5, 5.41) is 3.11. The molecule has 5 heteroatoms. The molecule has 21 heavy (non-hydrogen) atoms. The number of pyridine rings is 1. The number of nitrogens with one attached hydrogen (secondary N) is 1. The van der Waals surface area contributed by atoms with E-state index in [2.05, 4.69) is 10.3 Å². The number of benzene rings is 1. The van der Waals surface area contributed by atoms with E-state index in [-0.39, 0.29) is 12.0 Å². The Labute approximate surface area is 124 Å². The first kappa shape index (κ1) is 15.0. The number of hydrogen-bond donors (Lipinski definition) is 2. The fraction of sp³-hybridized carbons (Fsp3) is 0.250. The van der Waals surface area contributed by atoms with Crippen molar-refractivity contribution < 1.29 is 9.53 Å². The quantitative estimate of drug-likeness (QED) is 0.797. The summed E-state index contributed by atoms with van der Waals surface area (Å²) in [5.74, 6) is 0.101. The number of hydrogen-bond acceptors (Lipinski definition) is 5. The summed E-state index contributed by atoms with van der Waals surface area (Å²) in [7, 11) is 0. The van der Waals surface area contributed by atoms with Gasteiger partial charge < -0.3 is 15.8 Å². The van der Waals surface area contributed by atoms with Crippen molar-refractivity contribution in [3.8, 4) is 0 Å². The van der Waals surface area contributed by atoms with Gasteiger partial charge in [-0.3, -0.25) is 0 Å². The SMILES string of the molecule is CCOC(=O)c1cccnc1NCC(N)c1ccccc1. The van der Waals surface area contributed by atoms with Crippen molar-refractivity contribution in [1.29, 1.82) is 0 Å². The molecule has 1 unspecified atom stereocenters. The average Bonchev–Trinajstić information content (AvgIpc) is 2.54. The molecule has 0 saturated carbocycles. The molecule has 1 atom stereocenters. The molecular formula is C16H19N3O2. The minimum absolute atomic E-state index is 0.178. The van der Waals surface area contributed by atoms with Crippen molar-refractivity contribution in [2.24, 2.45) is 5.73 Å². The Morgan fingerprint density at radius 1 is 1.29 bits per heavy atom. The topological polar surface area (TPSA) is 77.2 Å². The summed E-state index contributed by atoms with van der Waals surface area (Å²) in [6, 6.07) is 13.0. The van der Waals surface area contributed by atoms with Crippen LogP contribution in [0.3, 0.4) is 0 Å². The van der Waals surface area contributed by atoms with Gasteiger partial charge in [0.15, 0.2) is 0 Å². The molecule has 1 aromatic heterocycles. The van der Waals surface area contributed by atoms with Gasteiger partial charge in [-0.25, -0.2) is 9.78 Å². The number of carbonyl (C=O) groups excluding carboxylic acids is 1. The fourth-order valence-corrected chi connectivity index (χ4v) is 1.94. The van der Waals surface area contributed by atoms with E-state index in [0.29, 0.717) is 24.5 Å². The largest absolute Gasteiger partial charge is 0.462 e. The minimum Gasteiger partial charge on any atom is -0.462 e. The van der Waals surface area contributed by atoms with Crippen LogP contribution in [0.5, 0.6) is 0 Å². The van der Waals surface area contributed by atoms with Crippen molar-refractivity contribution in [2.75, 3.05) is 18.5 Å². The molecule has 0 amide bonds. The van der Waals surface area contributed by atoms with Crippen LogP contribution in [0.4, 0.5) is 5.82 Å². The summed E-state index contributed by atoms with van der Waals surface area (Å²) in [6.45, 7) is 2.58. The van der Waals surface area contributed by atoms with Crippen LogP contribution in [-0.2, 0) is 4.74 Å². The maximum Gasteiger partial charge on any atom is 0.341 e. The van der Waals surface area contributed by atoms with Gasteiger partial charge in [0.2, 0.25) is 0 Å². The molecule has 0 aliphatic carbocycles. The molecule has 5 nitrogen and oxygen atoms in total. The zero-order valence-corrected chi connectivity index (χ0v) is 12.0. The molecule has 0 radical (unpaired) electrons. The van der Waals surface area contributed by atoms with Gasteiger partial charge in [0.25, 0.3) is 0 Å². The predicted molar refractivity (Wildman–Crippen MR) is 82.1 cm³/mol. The predicted octanol–water partition coefficient (Wildman–Crippen LogP) is 2.37. The van der Waals surface area contributed by atoms with Crippen molar-refractivity contribution >= 4 is 11.8 Å². The highest BCUT2D eigenvalue weighted by Gasteiger charge is 2.14. The first-order valence-electron chi connectivity index (χ1n) is 6.89. The maximum absolute atomic E-state index is 11.8. The van der Waals surface area contributed by atoms with Crippen molar-refractivity contribution in [2.45, 2.75) is 13.0 Å². The van der Waals surface area contributed by atoms with Crippen molar-refractivity contribution in [1.82, 2.24) is 4.98 Å². The lowest BCUT2D eigenvalue weighted by Crippen LogP contribution is -2.22. The molecule has 0 bridgehead atoms. The third-order valence-electron chi connectivity index (χ3n) is 3.02. The smallest absolute Gasteiger partial charge is 0.341 e. The van der Waals surface area contributed by atoms with Gasteiger partial charge in [-0.05, 0) is 24.6 Å². The Balaban J connectivity index is 2.05. The molecule has 2 aromatic rings. The van der Waals surface area contributed by atoms with E-state index in [1.807, 2.05) is 30.3 Å². The van der Waals surface area contributed by atoms with Gasteiger partial charge in [0, 0.05) is 18.8 Å². The van der Waals surface area contributed by atoms with Gasteiger partial charge in [-0.1, -0.05) is 30.3 Å². The Hall–Kier alpha value is -2.40. The Kier molecular flexibility index (Phi) is 5.29. The Morgan fingerprint density at radius 2 is 2.05 bits per heavy atom. The summed E-state index contributed by atoms with van der Waals surface area (Å²) in [4.78, 5) is 16.0. The number of anilines is 1. The third-order valence-corrected chi connectivity index (χ3v) is 3.02. The molecule has 1 aromatic carbocycles. The molecule has 0 aliphatic rings. The molecule has 0 fully saturated rings. The van der Waals surface area contributed by atoms with Crippen LogP contribution in [0.15, 0.2) is 48.7 Å². The van der Waals surface area contributed by atoms with E-state index in [1.54, 1.807) is 25.3 Å². The van der Waals surface area contributed by atoms with Crippen molar-refractivity contribution in [3.05, 3.63) is 59.8 Å². The minimum atomic E-state index is -0.388. The molecule has 110 valence electrons. The number of ether oxygens (including phenoxy) is 1. The number of esters is 1. The fourth-order valence-electron chi connectivity index (χ4n) is 1.94. The molecule has 0 saturated heterocycles.